The molecular weight excluding hydrogens is 262 g/mol. The second-order valence-corrected chi connectivity index (χ2v) is 4.43. The van der Waals surface area contributed by atoms with E-state index in [9.17, 15) is 20.1 Å². The van der Waals surface area contributed by atoms with Gasteiger partial charge in [-0.2, -0.15) is 0 Å². The molecule has 0 aromatic rings. The van der Waals surface area contributed by atoms with E-state index in [-0.39, 0.29) is 0 Å². The van der Waals surface area contributed by atoms with Crippen LogP contribution in [-0.4, -0.2) is 81.5 Å². The predicted octanol–water partition coefficient (Wildman–Crippen LogP) is -3.40. The number of carboxylic acids is 1. The van der Waals surface area contributed by atoms with Crippen LogP contribution in [0.2, 0.25) is 0 Å². The Kier molecular flexibility index (Phi) is 5.21. The van der Waals surface area contributed by atoms with Crippen molar-refractivity contribution in [3.8, 4) is 0 Å². The van der Waals surface area contributed by atoms with Crippen molar-refractivity contribution in [2.75, 3.05) is 13.7 Å². The molecule has 0 spiro atoms. The van der Waals surface area contributed by atoms with Crippen molar-refractivity contribution in [1.29, 1.82) is 0 Å². The minimum Gasteiger partial charge on any atom is -0.477 e. The van der Waals surface area contributed by atoms with E-state index >= 15 is 0 Å². The second kappa shape index (κ2) is 6.09. The molecule has 0 bridgehead atoms. The van der Waals surface area contributed by atoms with Crippen LogP contribution in [0.25, 0.3) is 0 Å². The fraction of sp³-hybridized carbons (Fsp3) is 0.900. The van der Waals surface area contributed by atoms with Crippen molar-refractivity contribution in [2.45, 2.75) is 42.7 Å². The maximum absolute atomic E-state index is 11.2. The Balaban J connectivity index is 2.99. The summed E-state index contributed by atoms with van der Waals surface area (Å²) in [5, 5.41) is 46.7. The molecule has 19 heavy (non-hydrogen) atoms. The zero-order valence-corrected chi connectivity index (χ0v) is 10.3. The van der Waals surface area contributed by atoms with E-state index in [4.69, 9.17) is 25.4 Å². The van der Waals surface area contributed by atoms with E-state index in [0.717, 1.165) is 7.11 Å². The maximum Gasteiger partial charge on any atom is 0.364 e. The smallest absolute Gasteiger partial charge is 0.364 e. The molecule has 112 valence electrons. The summed E-state index contributed by atoms with van der Waals surface area (Å²) in [6.07, 6.45) is -6.37. The van der Waals surface area contributed by atoms with Gasteiger partial charge in [0.25, 0.3) is 5.79 Å². The Bertz CT molecular complexity index is 327. The lowest BCUT2D eigenvalue weighted by molar-refractivity contribution is -0.301. The minimum absolute atomic E-state index is 0.418. The Hall–Kier alpha value is -0.810. The predicted molar refractivity (Wildman–Crippen MR) is 59.9 cm³/mol. The van der Waals surface area contributed by atoms with Gasteiger partial charge < -0.3 is 40.7 Å². The van der Waals surface area contributed by atoms with Gasteiger partial charge in [-0.1, -0.05) is 0 Å². The molecule has 9 heteroatoms. The van der Waals surface area contributed by atoms with Crippen LogP contribution in [0.1, 0.15) is 6.42 Å². The Morgan fingerprint density at radius 3 is 2.58 bits per heavy atom. The number of nitrogens with two attached hydrogens (primary N) is 1. The second-order valence-electron chi connectivity index (χ2n) is 4.43. The van der Waals surface area contributed by atoms with Crippen LogP contribution in [0, 0.1) is 0 Å². The molecule has 1 saturated heterocycles. The molecule has 1 heterocycles. The molecule has 0 radical (unpaired) electrons. The first-order valence-electron chi connectivity index (χ1n) is 5.66. The van der Waals surface area contributed by atoms with Crippen molar-refractivity contribution in [3.05, 3.63) is 0 Å². The maximum atomic E-state index is 11.2. The molecule has 0 amide bonds. The average molecular weight is 281 g/mol. The lowest BCUT2D eigenvalue weighted by Gasteiger charge is -2.44. The first kappa shape index (κ1) is 16.2. The molecule has 7 N–H and O–H groups in total. The summed E-state index contributed by atoms with van der Waals surface area (Å²) in [7, 11) is 1.07. The van der Waals surface area contributed by atoms with Crippen LogP contribution in [0.4, 0.5) is 0 Å². The number of aliphatic hydroxyl groups excluding tert-OH is 4. The highest BCUT2D eigenvalue weighted by atomic mass is 16.7. The zero-order chi connectivity index (χ0) is 14.8. The third kappa shape index (κ3) is 3.03. The van der Waals surface area contributed by atoms with Gasteiger partial charge in [-0.3, -0.25) is 0 Å². The van der Waals surface area contributed by atoms with Crippen LogP contribution in [-0.2, 0) is 14.3 Å². The molecule has 1 fully saturated rings. The summed E-state index contributed by atoms with van der Waals surface area (Å²) >= 11 is 0. The molecule has 0 aromatic heterocycles. The van der Waals surface area contributed by atoms with Gasteiger partial charge in [-0.25, -0.2) is 4.79 Å². The Labute approximate surface area is 109 Å². The van der Waals surface area contributed by atoms with Crippen LogP contribution in [0.15, 0.2) is 0 Å². The summed E-state index contributed by atoms with van der Waals surface area (Å²) in [6.45, 7) is -0.767. The quantitative estimate of drug-likeness (QED) is 0.301. The minimum atomic E-state index is -2.16. The summed E-state index contributed by atoms with van der Waals surface area (Å²) < 4.78 is 9.88. The topological polar surface area (TPSA) is 163 Å². The molecule has 6 atom stereocenters. The largest absolute Gasteiger partial charge is 0.477 e. The van der Waals surface area contributed by atoms with E-state index < -0.39 is 55.2 Å². The number of aliphatic hydroxyl groups is 4. The first-order chi connectivity index (χ1) is 8.79. The lowest BCUT2D eigenvalue weighted by Crippen LogP contribution is -2.66. The molecule has 2 unspecified atom stereocenters. The molecule has 9 nitrogen and oxygen atoms in total. The van der Waals surface area contributed by atoms with Gasteiger partial charge in [0, 0.05) is 13.5 Å². The fourth-order valence-corrected chi connectivity index (χ4v) is 1.96. The van der Waals surface area contributed by atoms with E-state index in [2.05, 4.69) is 0 Å². The summed E-state index contributed by atoms with van der Waals surface area (Å²) in [4.78, 5) is 11.2. The number of hydrogen-bond acceptors (Lipinski definition) is 8. The highest BCUT2D eigenvalue weighted by Crippen LogP contribution is 2.31. The third-order valence-electron chi connectivity index (χ3n) is 3.20. The highest BCUT2D eigenvalue weighted by molar-refractivity contribution is 5.76. The zero-order valence-electron chi connectivity index (χ0n) is 10.3. The van der Waals surface area contributed by atoms with Gasteiger partial charge >= 0.3 is 5.97 Å². The van der Waals surface area contributed by atoms with Gasteiger partial charge in [-0.15, -0.1) is 0 Å². The molecular formula is C10H19NO8. The van der Waals surface area contributed by atoms with Gasteiger partial charge in [0.15, 0.2) is 0 Å². The number of hydrogen-bond donors (Lipinski definition) is 6. The lowest BCUT2D eigenvalue weighted by atomic mass is 9.89. The van der Waals surface area contributed by atoms with E-state index in [1.165, 1.54) is 0 Å². The number of rotatable bonds is 5. The molecule has 1 aliphatic rings. The summed E-state index contributed by atoms with van der Waals surface area (Å²) in [6, 6.07) is -1.13. The Morgan fingerprint density at radius 2 is 2.16 bits per heavy atom. The number of carbonyl (C=O) groups is 1. The Morgan fingerprint density at radius 1 is 1.58 bits per heavy atom. The van der Waals surface area contributed by atoms with Crippen molar-refractivity contribution in [1.82, 2.24) is 0 Å². The third-order valence-corrected chi connectivity index (χ3v) is 3.20. The van der Waals surface area contributed by atoms with Crippen LogP contribution < -0.4 is 5.73 Å². The van der Waals surface area contributed by atoms with Gasteiger partial charge in [0.2, 0.25) is 0 Å². The number of methoxy groups -OCH3 is 1. The number of carboxylic acid groups (broad SMARTS) is 1. The van der Waals surface area contributed by atoms with Crippen LogP contribution >= 0.6 is 0 Å². The molecule has 1 rings (SSSR count). The molecule has 1 aliphatic heterocycles. The molecule has 0 aliphatic carbocycles. The first-order valence-corrected chi connectivity index (χ1v) is 5.66. The monoisotopic (exact) mass is 281 g/mol. The SMILES string of the molecule is CO[C@@]1(C(=O)O)CC(O)[C@@H](N)C([C@H](O)[C@H](O)CO)O1. The normalized spacial score (nSPS) is 38.7. The number of aliphatic carboxylic acids is 1. The van der Waals surface area contributed by atoms with Crippen molar-refractivity contribution in [2.24, 2.45) is 5.73 Å². The van der Waals surface area contributed by atoms with Crippen LogP contribution in [0.5, 0.6) is 0 Å². The van der Waals surface area contributed by atoms with Gasteiger partial charge in [-0.05, 0) is 0 Å². The van der Waals surface area contributed by atoms with Crippen LogP contribution in [0.3, 0.4) is 0 Å². The standard InChI is InChI=1S/C10H19NO8/c1-18-10(9(16)17)2-4(13)6(11)8(19-10)7(15)5(14)3-12/h4-8,12-15H,2-3,11H2,1H3,(H,16,17)/t4?,5-,6-,7-,8?,10+/m1/s1. The van der Waals surface area contributed by atoms with E-state index in [1.807, 2.05) is 0 Å². The van der Waals surface area contributed by atoms with Crippen molar-refractivity contribution in [3.63, 3.8) is 0 Å². The number of ether oxygens (including phenoxy) is 2. The summed E-state index contributed by atoms with van der Waals surface area (Å²) in [5.74, 6) is -3.65. The van der Waals surface area contributed by atoms with E-state index in [1.54, 1.807) is 0 Å². The average Bonchev–Trinajstić information content (AvgIpc) is 2.39. The van der Waals surface area contributed by atoms with E-state index in [0.29, 0.717) is 0 Å². The highest BCUT2D eigenvalue weighted by Gasteiger charge is 2.53. The van der Waals surface area contributed by atoms with Crippen molar-refractivity contribution < 1.29 is 39.8 Å². The fourth-order valence-electron chi connectivity index (χ4n) is 1.96. The van der Waals surface area contributed by atoms with Gasteiger partial charge in [0.05, 0.1) is 18.8 Å². The molecule has 0 saturated carbocycles. The van der Waals surface area contributed by atoms with Gasteiger partial charge in [0.1, 0.15) is 18.3 Å². The molecule has 0 aromatic carbocycles. The van der Waals surface area contributed by atoms with Crippen molar-refractivity contribution >= 4 is 5.97 Å². The summed E-state index contributed by atoms with van der Waals surface area (Å²) in [5.41, 5.74) is 5.62.